The van der Waals surface area contributed by atoms with Crippen LogP contribution in [0.2, 0.25) is 0 Å². The van der Waals surface area contributed by atoms with Gasteiger partial charge < -0.3 is 9.47 Å². The normalized spacial score (nSPS) is 22.6. The summed E-state index contributed by atoms with van der Waals surface area (Å²) in [7, 11) is -3.45. The minimum atomic E-state index is -3.45. The highest BCUT2D eigenvalue weighted by Gasteiger charge is 2.35. The van der Waals surface area contributed by atoms with E-state index in [1.165, 1.54) is 17.8 Å². The lowest BCUT2D eigenvalue weighted by Gasteiger charge is -2.25. The third-order valence-corrected chi connectivity index (χ3v) is 10.3. The van der Waals surface area contributed by atoms with Crippen LogP contribution in [0.4, 0.5) is 0 Å². The van der Waals surface area contributed by atoms with Crippen LogP contribution in [0, 0.1) is 0 Å². The summed E-state index contributed by atoms with van der Waals surface area (Å²) in [5, 5.41) is 8.91. The van der Waals surface area contributed by atoms with Gasteiger partial charge in [0.1, 0.15) is 10.0 Å². The van der Waals surface area contributed by atoms with Crippen LogP contribution in [0.15, 0.2) is 16.3 Å². The average Bonchev–Trinajstić information content (AvgIpc) is 3.51. The van der Waals surface area contributed by atoms with Crippen molar-refractivity contribution >= 4 is 27.3 Å². The van der Waals surface area contributed by atoms with Gasteiger partial charge in [0, 0.05) is 37.5 Å². The van der Waals surface area contributed by atoms with Crippen LogP contribution in [0.1, 0.15) is 73.9 Å². The Balaban J connectivity index is 1.30. The van der Waals surface area contributed by atoms with E-state index in [1.54, 1.807) is 16.4 Å². The van der Waals surface area contributed by atoms with Crippen molar-refractivity contribution in [3.05, 3.63) is 28.7 Å². The van der Waals surface area contributed by atoms with Gasteiger partial charge in [-0.15, -0.1) is 21.5 Å². The van der Waals surface area contributed by atoms with Crippen molar-refractivity contribution in [3.8, 4) is 0 Å². The molecule has 10 heteroatoms. The van der Waals surface area contributed by atoms with E-state index in [9.17, 15) is 13.2 Å². The number of carbonyl (C=O) groups is 1. The standard InChI is InChI=1S/C22H31N5O3S2/c28-20(16-17-10-11-21(31-17)32(29,30)25-12-4-2-5-13-25)26-15-7-8-18(26)22-24-23-19-9-3-1-6-14-27(19)22/h10-11,18H,1-9,12-16H2. The number of thiophene rings is 1. The second kappa shape index (κ2) is 9.23. The van der Waals surface area contributed by atoms with E-state index in [4.69, 9.17) is 0 Å². The molecule has 3 aliphatic rings. The molecule has 2 aromatic rings. The topological polar surface area (TPSA) is 88.4 Å². The Morgan fingerprint density at radius 2 is 1.75 bits per heavy atom. The maximum Gasteiger partial charge on any atom is 0.252 e. The van der Waals surface area contributed by atoms with Gasteiger partial charge >= 0.3 is 0 Å². The molecule has 5 rings (SSSR count). The summed E-state index contributed by atoms with van der Waals surface area (Å²) in [5.74, 6) is 2.01. The molecule has 3 aliphatic heterocycles. The van der Waals surface area contributed by atoms with Crippen LogP contribution in [0.5, 0.6) is 0 Å². The first kappa shape index (κ1) is 22.0. The number of fused-ring (bicyclic) bond motifs is 1. The highest BCUT2D eigenvalue weighted by atomic mass is 32.2. The molecular weight excluding hydrogens is 446 g/mol. The lowest BCUT2D eigenvalue weighted by atomic mass is 10.2. The number of aromatic nitrogens is 3. The summed E-state index contributed by atoms with van der Waals surface area (Å²) >= 11 is 1.23. The van der Waals surface area contributed by atoms with Gasteiger partial charge in [0.15, 0.2) is 5.82 Å². The number of likely N-dealkylation sites (tertiary alicyclic amines) is 1. The van der Waals surface area contributed by atoms with Crippen molar-refractivity contribution in [1.29, 1.82) is 0 Å². The average molecular weight is 478 g/mol. The molecular formula is C22H31N5O3S2. The van der Waals surface area contributed by atoms with Crippen molar-refractivity contribution in [2.24, 2.45) is 0 Å². The summed E-state index contributed by atoms with van der Waals surface area (Å²) in [4.78, 5) is 16.0. The summed E-state index contributed by atoms with van der Waals surface area (Å²) in [6.07, 6.45) is 9.45. The fourth-order valence-corrected chi connectivity index (χ4v) is 8.18. The molecule has 0 spiro atoms. The van der Waals surface area contributed by atoms with Crippen LogP contribution in [-0.2, 0) is 34.2 Å². The minimum absolute atomic E-state index is 0.0293. The largest absolute Gasteiger partial charge is 0.332 e. The maximum atomic E-state index is 13.2. The molecule has 0 N–H and O–H groups in total. The highest BCUT2D eigenvalue weighted by Crippen LogP contribution is 2.34. The molecule has 0 bridgehead atoms. The minimum Gasteiger partial charge on any atom is -0.332 e. The van der Waals surface area contributed by atoms with Gasteiger partial charge in [0.25, 0.3) is 10.0 Å². The molecule has 1 amide bonds. The molecule has 1 atom stereocenters. The van der Waals surface area contributed by atoms with Gasteiger partial charge in [-0.2, -0.15) is 4.31 Å². The lowest BCUT2D eigenvalue weighted by molar-refractivity contribution is -0.131. The molecule has 0 saturated carbocycles. The third-order valence-electron chi connectivity index (χ3n) is 6.88. The highest BCUT2D eigenvalue weighted by molar-refractivity contribution is 7.91. The Kier molecular flexibility index (Phi) is 6.35. The van der Waals surface area contributed by atoms with Gasteiger partial charge in [-0.3, -0.25) is 4.79 Å². The molecule has 2 saturated heterocycles. The Labute approximate surface area is 193 Å². The Morgan fingerprint density at radius 1 is 0.969 bits per heavy atom. The van der Waals surface area contributed by atoms with E-state index in [2.05, 4.69) is 14.8 Å². The zero-order valence-corrected chi connectivity index (χ0v) is 20.0. The summed E-state index contributed by atoms with van der Waals surface area (Å²) in [6, 6.07) is 3.43. The third kappa shape index (κ3) is 4.24. The summed E-state index contributed by atoms with van der Waals surface area (Å²) < 4.78 is 30.0. The number of hydrogen-bond acceptors (Lipinski definition) is 6. The monoisotopic (exact) mass is 477 g/mol. The van der Waals surface area contributed by atoms with E-state index >= 15 is 0 Å². The number of sulfonamides is 1. The second-order valence-corrected chi connectivity index (χ2v) is 12.4. The van der Waals surface area contributed by atoms with Gasteiger partial charge in [-0.1, -0.05) is 12.8 Å². The van der Waals surface area contributed by atoms with Gasteiger partial charge in [-0.25, -0.2) is 8.42 Å². The number of nitrogens with zero attached hydrogens (tertiary/aromatic N) is 5. The fourth-order valence-electron chi connectivity index (χ4n) is 5.16. The smallest absolute Gasteiger partial charge is 0.252 e. The Hall–Kier alpha value is -1.78. The molecule has 5 heterocycles. The van der Waals surface area contributed by atoms with Crippen LogP contribution in [0.25, 0.3) is 0 Å². The van der Waals surface area contributed by atoms with Gasteiger partial charge in [-0.05, 0) is 50.7 Å². The molecule has 32 heavy (non-hydrogen) atoms. The quantitative estimate of drug-likeness (QED) is 0.660. The first-order valence-electron chi connectivity index (χ1n) is 11.8. The molecule has 2 aromatic heterocycles. The first-order valence-corrected chi connectivity index (χ1v) is 14.1. The molecule has 0 aliphatic carbocycles. The van der Waals surface area contributed by atoms with Gasteiger partial charge in [0.2, 0.25) is 5.91 Å². The summed E-state index contributed by atoms with van der Waals surface area (Å²) in [5.41, 5.74) is 0. The van der Waals surface area contributed by atoms with Crippen molar-refractivity contribution in [3.63, 3.8) is 0 Å². The zero-order valence-electron chi connectivity index (χ0n) is 18.4. The summed E-state index contributed by atoms with van der Waals surface area (Å²) in [6.45, 7) is 2.83. The number of hydrogen-bond donors (Lipinski definition) is 0. The molecule has 1 unspecified atom stereocenters. The number of rotatable bonds is 5. The molecule has 8 nitrogen and oxygen atoms in total. The van der Waals surface area contributed by atoms with E-state index < -0.39 is 10.0 Å². The number of amides is 1. The second-order valence-electron chi connectivity index (χ2n) is 9.04. The maximum absolute atomic E-state index is 13.2. The van der Waals surface area contributed by atoms with Crippen molar-refractivity contribution < 1.29 is 13.2 Å². The molecule has 0 radical (unpaired) electrons. The van der Waals surface area contributed by atoms with E-state index in [-0.39, 0.29) is 18.4 Å². The van der Waals surface area contributed by atoms with E-state index in [0.29, 0.717) is 17.3 Å². The van der Waals surface area contributed by atoms with Crippen LogP contribution in [0.3, 0.4) is 0 Å². The zero-order chi connectivity index (χ0) is 22.1. The molecule has 174 valence electrons. The van der Waals surface area contributed by atoms with Crippen LogP contribution >= 0.6 is 11.3 Å². The predicted molar refractivity (Wildman–Crippen MR) is 122 cm³/mol. The lowest BCUT2D eigenvalue weighted by Crippen LogP contribution is -2.35. The number of piperidine rings is 1. The number of carbonyl (C=O) groups excluding carboxylic acids is 1. The fraction of sp³-hybridized carbons (Fsp3) is 0.682. The van der Waals surface area contributed by atoms with E-state index in [0.717, 1.165) is 81.0 Å². The number of aryl methyl sites for hydroxylation is 1. The van der Waals surface area contributed by atoms with Gasteiger partial charge in [0.05, 0.1) is 12.5 Å². The van der Waals surface area contributed by atoms with Crippen LogP contribution in [-0.4, -0.2) is 57.9 Å². The van der Waals surface area contributed by atoms with Crippen molar-refractivity contribution in [1.82, 2.24) is 24.0 Å². The SMILES string of the molecule is O=C(Cc1ccc(S(=O)(=O)N2CCCCC2)s1)N1CCCC1c1nnc2n1CCCCC2. The Morgan fingerprint density at radius 3 is 2.59 bits per heavy atom. The van der Waals surface area contributed by atoms with E-state index in [1.807, 2.05) is 4.90 Å². The Bertz CT molecular complexity index is 1070. The van der Waals surface area contributed by atoms with Crippen molar-refractivity contribution in [2.75, 3.05) is 19.6 Å². The van der Waals surface area contributed by atoms with Crippen LogP contribution < -0.4 is 0 Å². The molecule has 0 aromatic carbocycles. The molecule has 2 fully saturated rings. The predicted octanol–water partition coefficient (Wildman–Crippen LogP) is 3.15. The van der Waals surface area contributed by atoms with Crippen molar-refractivity contribution in [2.45, 2.75) is 81.0 Å². The first-order chi connectivity index (χ1) is 15.5.